The molecule has 0 saturated heterocycles. The fraction of sp³-hybridized carbons (Fsp3) is 0.550. The zero-order valence-electron chi connectivity index (χ0n) is 16.9. The van der Waals surface area contributed by atoms with Gasteiger partial charge in [-0.25, -0.2) is 0 Å². The van der Waals surface area contributed by atoms with Crippen LogP contribution in [0.4, 0.5) is 0 Å². The van der Waals surface area contributed by atoms with Crippen molar-refractivity contribution < 1.29 is 36.1 Å². The van der Waals surface area contributed by atoms with E-state index in [1.54, 1.807) is 0 Å². The monoisotopic (exact) mass is 336 g/mol. The molecular formula is C20H29N2NaO. The molecule has 0 fully saturated rings. The first-order valence-electron chi connectivity index (χ1n) is 8.89. The van der Waals surface area contributed by atoms with Crippen molar-refractivity contribution in [3.63, 3.8) is 0 Å². The topological polar surface area (TPSA) is 38.0 Å². The molecule has 0 amide bonds. The van der Waals surface area contributed by atoms with Gasteiger partial charge >= 0.3 is 29.6 Å². The standard InChI is InChI=1S/C20H28N2O.Na.H/c1-5-6-10-22-15(4)19(14(3)21-22)12-16-11-13(2)20(23)18-9-7-8-17(16)18;;/h11,23H,5-10,12H2,1-4H3;;/q;+1;-1. The van der Waals surface area contributed by atoms with Gasteiger partial charge in [0.2, 0.25) is 0 Å². The molecule has 2 aromatic rings. The Morgan fingerprint density at radius 2 is 1.92 bits per heavy atom. The molecule has 0 unspecified atom stereocenters. The molecule has 0 spiro atoms. The smallest absolute Gasteiger partial charge is 1.00 e. The number of fused-ring (bicyclic) bond motifs is 1. The van der Waals surface area contributed by atoms with Crippen LogP contribution in [0.2, 0.25) is 0 Å². The second-order valence-electron chi connectivity index (χ2n) is 6.91. The van der Waals surface area contributed by atoms with Gasteiger partial charge in [-0.15, -0.1) is 0 Å². The molecule has 1 N–H and O–H groups in total. The van der Waals surface area contributed by atoms with E-state index in [2.05, 4.69) is 31.5 Å². The van der Waals surface area contributed by atoms with E-state index in [0.29, 0.717) is 5.75 Å². The molecule has 0 radical (unpaired) electrons. The molecule has 0 saturated carbocycles. The number of aromatic nitrogens is 2. The summed E-state index contributed by atoms with van der Waals surface area (Å²) in [5.41, 5.74) is 8.77. The normalized spacial score (nSPS) is 13.0. The average Bonchev–Trinajstić information content (AvgIpc) is 3.11. The summed E-state index contributed by atoms with van der Waals surface area (Å²) in [5.74, 6) is 0.522. The van der Waals surface area contributed by atoms with Gasteiger partial charge in [0.25, 0.3) is 0 Å². The molecule has 1 aromatic carbocycles. The van der Waals surface area contributed by atoms with E-state index in [1.165, 1.54) is 40.8 Å². The second kappa shape index (κ2) is 8.07. The largest absolute Gasteiger partial charge is 1.00 e. The number of unbranched alkanes of at least 4 members (excludes halogenated alkanes) is 1. The Kier molecular flexibility index (Phi) is 6.58. The van der Waals surface area contributed by atoms with Gasteiger partial charge in [0.05, 0.1) is 5.69 Å². The molecule has 126 valence electrons. The zero-order valence-corrected chi connectivity index (χ0v) is 17.9. The predicted octanol–water partition coefficient (Wildman–Crippen LogP) is 1.51. The Labute approximate surface area is 169 Å². The predicted molar refractivity (Wildman–Crippen MR) is 95.4 cm³/mol. The number of phenols is 1. The molecule has 1 heterocycles. The Hall–Kier alpha value is -0.770. The minimum absolute atomic E-state index is 0. The summed E-state index contributed by atoms with van der Waals surface area (Å²) in [5, 5.41) is 15.0. The third kappa shape index (κ3) is 3.58. The molecule has 1 aromatic heterocycles. The number of aromatic hydroxyl groups is 1. The fourth-order valence-corrected chi connectivity index (χ4v) is 3.88. The average molecular weight is 336 g/mol. The van der Waals surface area contributed by atoms with Gasteiger partial charge in [0, 0.05) is 24.2 Å². The number of hydrogen-bond acceptors (Lipinski definition) is 2. The second-order valence-corrected chi connectivity index (χ2v) is 6.91. The van der Waals surface area contributed by atoms with Crippen molar-refractivity contribution in [2.24, 2.45) is 0 Å². The third-order valence-electron chi connectivity index (χ3n) is 5.28. The maximum atomic E-state index is 10.3. The zero-order chi connectivity index (χ0) is 16.6. The third-order valence-corrected chi connectivity index (χ3v) is 5.28. The van der Waals surface area contributed by atoms with E-state index in [9.17, 15) is 5.11 Å². The Morgan fingerprint density at radius 3 is 2.62 bits per heavy atom. The summed E-state index contributed by atoms with van der Waals surface area (Å²) in [6.07, 6.45) is 6.58. The first-order chi connectivity index (χ1) is 11.0. The van der Waals surface area contributed by atoms with Crippen LogP contribution >= 0.6 is 0 Å². The minimum atomic E-state index is 0. The van der Waals surface area contributed by atoms with Crippen LogP contribution in [0.15, 0.2) is 6.07 Å². The van der Waals surface area contributed by atoms with Crippen LogP contribution in [0.3, 0.4) is 0 Å². The van der Waals surface area contributed by atoms with Gasteiger partial charge < -0.3 is 6.53 Å². The summed E-state index contributed by atoms with van der Waals surface area (Å²) < 4.78 is 2.17. The van der Waals surface area contributed by atoms with E-state index in [0.717, 1.165) is 43.5 Å². The molecule has 4 heteroatoms. The number of nitrogens with zero attached hydrogens (tertiary/aromatic N) is 2. The van der Waals surface area contributed by atoms with Crippen LogP contribution in [-0.2, 0) is 25.8 Å². The van der Waals surface area contributed by atoms with E-state index in [1.807, 2.05) is 6.92 Å². The van der Waals surface area contributed by atoms with Crippen LogP contribution in [0.1, 0.15) is 66.8 Å². The first kappa shape index (κ1) is 19.6. The minimum Gasteiger partial charge on any atom is -1.00 e. The van der Waals surface area contributed by atoms with Gasteiger partial charge in [0.15, 0.2) is 0 Å². The Bertz CT molecular complexity index is 740. The van der Waals surface area contributed by atoms with Crippen LogP contribution < -0.4 is 29.6 Å². The van der Waals surface area contributed by atoms with Crippen molar-refractivity contribution in [1.29, 1.82) is 0 Å². The molecule has 1 aliphatic carbocycles. The summed E-state index contributed by atoms with van der Waals surface area (Å²) in [4.78, 5) is 0. The quantitative estimate of drug-likeness (QED) is 0.841. The SMILES string of the molecule is CCCCn1nc(C)c(Cc2cc(C)c(O)c3c2CCC3)c1C.[H-].[Na+]. The van der Waals surface area contributed by atoms with E-state index in [4.69, 9.17) is 5.10 Å². The number of benzene rings is 1. The van der Waals surface area contributed by atoms with Crippen LogP contribution in [0.25, 0.3) is 0 Å². The van der Waals surface area contributed by atoms with Gasteiger partial charge in [-0.3, -0.25) is 4.68 Å². The van der Waals surface area contributed by atoms with Gasteiger partial charge in [-0.1, -0.05) is 19.4 Å². The first-order valence-corrected chi connectivity index (χ1v) is 8.89. The summed E-state index contributed by atoms with van der Waals surface area (Å²) in [6.45, 7) is 9.56. The number of phenolic OH excluding ortho intramolecular Hbond substituents is 1. The summed E-state index contributed by atoms with van der Waals surface area (Å²) >= 11 is 0. The molecule has 24 heavy (non-hydrogen) atoms. The van der Waals surface area contributed by atoms with Gasteiger partial charge in [0.1, 0.15) is 5.75 Å². The van der Waals surface area contributed by atoms with Crippen molar-refractivity contribution in [3.8, 4) is 5.75 Å². The molecule has 0 bridgehead atoms. The van der Waals surface area contributed by atoms with Crippen LogP contribution in [0.5, 0.6) is 5.75 Å². The van der Waals surface area contributed by atoms with Gasteiger partial charge in [-0.05, 0) is 68.7 Å². The van der Waals surface area contributed by atoms with E-state index >= 15 is 0 Å². The van der Waals surface area contributed by atoms with Crippen molar-refractivity contribution in [1.82, 2.24) is 9.78 Å². The van der Waals surface area contributed by atoms with E-state index in [-0.39, 0.29) is 31.0 Å². The molecule has 0 aliphatic heterocycles. The molecule has 3 rings (SSSR count). The van der Waals surface area contributed by atoms with Crippen LogP contribution in [0, 0.1) is 20.8 Å². The van der Waals surface area contributed by atoms with Gasteiger partial charge in [-0.2, -0.15) is 5.10 Å². The fourth-order valence-electron chi connectivity index (χ4n) is 3.88. The maximum absolute atomic E-state index is 10.3. The van der Waals surface area contributed by atoms with Crippen molar-refractivity contribution in [2.45, 2.75) is 72.8 Å². The van der Waals surface area contributed by atoms with Crippen molar-refractivity contribution in [3.05, 3.63) is 45.3 Å². The Balaban J connectivity index is 0.00000156. The van der Waals surface area contributed by atoms with Crippen molar-refractivity contribution >= 4 is 0 Å². The summed E-state index contributed by atoms with van der Waals surface area (Å²) in [6, 6.07) is 2.18. The summed E-state index contributed by atoms with van der Waals surface area (Å²) in [7, 11) is 0. The molecular weight excluding hydrogens is 307 g/mol. The maximum Gasteiger partial charge on any atom is 1.00 e. The number of hydrogen-bond donors (Lipinski definition) is 1. The number of rotatable bonds is 5. The molecule has 1 aliphatic rings. The van der Waals surface area contributed by atoms with E-state index < -0.39 is 0 Å². The Morgan fingerprint density at radius 1 is 1.21 bits per heavy atom. The number of aryl methyl sites for hydroxylation is 3. The molecule has 3 nitrogen and oxygen atoms in total. The van der Waals surface area contributed by atoms with Crippen molar-refractivity contribution in [2.75, 3.05) is 0 Å². The van der Waals surface area contributed by atoms with Crippen LogP contribution in [-0.4, -0.2) is 14.9 Å². The molecule has 0 atom stereocenters.